The molecule has 0 saturated heterocycles. The molecule has 3 heteroatoms. The van der Waals surface area contributed by atoms with E-state index in [2.05, 4.69) is 24.4 Å². The molecule has 0 unspecified atom stereocenters. The Morgan fingerprint density at radius 2 is 1.57 bits per heavy atom. The Labute approximate surface area is 177 Å². The summed E-state index contributed by atoms with van der Waals surface area (Å²) in [6, 6.07) is 30.0. The van der Waals surface area contributed by atoms with Crippen molar-refractivity contribution in [3.05, 3.63) is 102 Å². The van der Waals surface area contributed by atoms with Gasteiger partial charge >= 0.3 is 0 Å². The smallest absolute Gasteiger partial charge is 0.252 e. The van der Waals surface area contributed by atoms with Crippen LogP contribution in [0.25, 0.3) is 22.2 Å². The molecule has 1 aromatic heterocycles. The summed E-state index contributed by atoms with van der Waals surface area (Å²) in [4.78, 5) is 18.2. The maximum atomic E-state index is 13.5. The van der Waals surface area contributed by atoms with Gasteiger partial charge in [-0.3, -0.25) is 4.79 Å². The molecule has 1 N–H and O–H groups in total. The van der Waals surface area contributed by atoms with Gasteiger partial charge in [-0.15, -0.1) is 0 Å². The fourth-order valence-electron chi connectivity index (χ4n) is 3.77. The summed E-state index contributed by atoms with van der Waals surface area (Å²) in [7, 11) is 0. The van der Waals surface area contributed by atoms with E-state index in [1.165, 1.54) is 0 Å². The van der Waals surface area contributed by atoms with Crippen molar-refractivity contribution in [3.63, 3.8) is 0 Å². The van der Waals surface area contributed by atoms with Crippen LogP contribution in [0.15, 0.2) is 91.0 Å². The summed E-state index contributed by atoms with van der Waals surface area (Å²) in [6.07, 6.45) is 3.07. The number of pyridine rings is 1. The Morgan fingerprint density at radius 1 is 0.900 bits per heavy atom. The fraction of sp³-hybridized carbons (Fsp3) is 0.185. The highest BCUT2D eigenvalue weighted by Crippen LogP contribution is 2.26. The molecule has 0 saturated carbocycles. The zero-order valence-electron chi connectivity index (χ0n) is 17.2. The first-order valence-corrected chi connectivity index (χ1v) is 10.6. The normalized spacial score (nSPS) is 11.9. The number of hydrogen-bond donors (Lipinski definition) is 1. The SMILES string of the molecule is CCCC[C@@H](NC(=O)c1cc(-c2ccccc2)nc2ccccc12)c1ccccc1. The third-order valence-corrected chi connectivity index (χ3v) is 5.38. The van der Waals surface area contributed by atoms with Crippen molar-refractivity contribution >= 4 is 16.8 Å². The lowest BCUT2D eigenvalue weighted by molar-refractivity contribution is 0.0935. The van der Waals surface area contributed by atoms with E-state index in [0.717, 1.165) is 47.0 Å². The number of para-hydroxylation sites is 1. The van der Waals surface area contributed by atoms with Crippen LogP contribution in [0.3, 0.4) is 0 Å². The second kappa shape index (κ2) is 9.36. The van der Waals surface area contributed by atoms with Crippen molar-refractivity contribution in [3.8, 4) is 11.3 Å². The average molecular weight is 395 g/mol. The minimum atomic E-state index is -0.0595. The molecule has 0 aliphatic heterocycles. The molecule has 1 heterocycles. The number of carbonyl (C=O) groups is 1. The summed E-state index contributed by atoms with van der Waals surface area (Å²) < 4.78 is 0. The molecule has 150 valence electrons. The van der Waals surface area contributed by atoms with E-state index in [0.29, 0.717) is 5.56 Å². The second-order valence-corrected chi connectivity index (χ2v) is 7.52. The molecule has 0 spiro atoms. The zero-order chi connectivity index (χ0) is 20.8. The quantitative estimate of drug-likeness (QED) is 0.385. The number of amides is 1. The number of unbranched alkanes of at least 4 members (excludes halogenated alkanes) is 1. The van der Waals surface area contributed by atoms with E-state index in [9.17, 15) is 4.79 Å². The van der Waals surface area contributed by atoms with Gasteiger partial charge < -0.3 is 5.32 Å². The van der Waals surface area contributed by atoms with Crippen LogP contribution >= 0.6 is 0 Å². The number of aromatic nitrogens is 1. The van der Waals surface area contributed by atoms with Crippen molar-refractivity contribution in [2.24, 2.45) is 0 Å². The molecular weight excluding hydrogens is 368 g/mol. The molecule has 4 rings (SSSR count). The van der Waals surface area contributed by atoms with E-state index in [4.69, 9.17) is 4.98 Å². The van der Waals surface area contributed by atoms with Crippen molar-refractivity contribution in [1.29, 1.82) is 0 Å². The second-order valence-electron chi connectivity index (χ2n) is 7.52. The summed E-state index contributed by atoms with van der Waals surface area (Å²) in [6.45, 7) is 2.17. The van der Waals surface area contributed by atoms with Gasteiger partial charge in [-0.05, 0) is 24.1 Å². The molecule has 4 aromatic rings. The Hall–Kier alpha value is -3.46. The topological polar surface area (TPSA) is 42.0 Å². The molecule has 0 aliphatic carbocycles. The van der Waals surface area contributed by atoms with Crippen molar-refractivity contribution < 1.29 is 4.79 Å². The van der Waals surface area contributed by atoms with Gasteiger partial charge in [-0.1, -0.05) is 98.6 Å². The van der Waals surface area contributed by atoms with E-state index in [-0.39, 0.29) is 11.9 Å². The molecule has 1 atom stereocenters. The number of nitrogens with zero attached hydrogens (tertiary/aromatic N) is 1. The maximum absolute atomic E-state index is 13.5. The van der Waals surface area contributed by atoms with E-state index < -0.39 is 0 Å². The Bertz CT molecular complexity index is 1120. The van der Waals surface area contributed by atoms with Gasteiger partial charge in [0.05, 0.1) is 22.8 Å². The highest BCUT2D eigenvalue weighted by Gasteiger charge is 2.18. The molecule has 0 radical (unpaired) electrons. The van der Waals surface area contributed by atoms with Gasteiger partial charge in [0.1, 0.15) is 0 Å². The lowest BCUT2D eigenvalue weighted by Gasteiger charge is -2.20. The minimum Gasteiger partial charge on any atom is -0.345 e. The van der Waals surface area contributed by atoms with Gasteiger partial charge in [0.15, 0.2) is 0 Å². The Balaban J connectivity index is 1.72. The molecule has 0 fully saturated rings. The lowest BCUT2D eigenvalue weighted by atomic mass is 9.99. The monoisotopic (exact) mass is 394 g/mol. The van der Waals surface area contributed by atoms with Crippen LogP contribution in [0.4, 0.5) is 0 Å². The lowest BCUT2D eigenvalue weighted by Crippen LogP contribution is -2.29. The Kier molecular flexibility index (Phi) is 6.19. The number of benzene rings is 3. The molecule has 30 heavy (non-hydrogen) atoms. The molecule has 0 aliphatic rings. The number of hydrogen-bond acceptors (Lipinski definition) is 2. The standard InChI is InChI=1S/C27H26N2O/c1-2-3-17-24(20-12-6-4-7-13-20)29-27(30)23-19-26(21-14-8-5-9-15-21)28-25-18-11-10-16-22(23)25/h4-16,18-19,24H,2-3,17H2,1H3,(H,29,30)/t24-/m1/s1. The summed E-state index contributed by atoms with van der Waals surface area (Å²) >= 11 is 0. The van der Waals surface area contributed by atoms with E-state index in [1.54, 1.807) is 0 Å². The summed E-state index contributed by atoms with van der Waals surface area (Å²) in [5, 5.41) is 4.16. The highest BCUT2D eigenvalue weighted by atomic mass is 16.1. The van der Waals surface area contributed by atoms with Crippen LogP contribution in [0.1, 0.15) is 48.1 Å². The van der Waals surface area contributed by atoms with Crippen LogP contribution in [-0.4, -0.2) is 10.9 Å². The fourth-order valence-corrected chi connectivity index (χ4v) is 3.77. The number of nitrogens with one attached hydrogen (secondary N) is 1. The van der Waals surface area contributed by atoms with E-state index in [1.807, 2.05) is 78.9 Å². The van der Waals surface area contributed by atoms with Crippen molar-refractivity contribution in [2.45, 2.75) is 32.2 Å². The van der Waals surface area contributed by atoms with Gasteiger partial charge in [0.2, 0.25) is 0 Å². The molecular formula is C27H26N2O. The van der Waals surface area contributed by atoms with Gasteiger partial charge in [-0.2, -0.15) is 0 Å². The third-order valence-electron chi connectivity index (χ3n) is 5.38. The van der Waals surface area contributed by atoms with Crippen LogP contribution in [-0.2, 0) is 0 Å². The van der Waals surface area contributed by atoms with E-state index >= 15 is 0 Å². The Morgan fingerprint density at radius 3 is 2.30 bits per heavy atom. The average Bonchev–Trinajstić information content (AvgIpc) is 2.82. The summed E-state index contributed by atoms with van der Waals surface area (Å²) in [5.41, 5.74) is 4.44. The van der Waals surface area contributed by atoms with Crippen LogP contribution in [0.2, 0.25) is 0 Å². The van der Waals surface area contributed by atoms with Gasteiger partial charge in [-0.25, -0.2) is 4.98 Å². The van der Waals surface area contributed by atoms with Crippen LogP contribution in [0, 0.1) is 0 Å². The van der Waals surface area contributed by atoms with Crippen LogP contribution < -0.4 is 5.32 Å². The molecule has 3 nitrogen and oxygen atoms in total. The third kappa shape index (κ3) is 4.41. The predicted octanol–water partition coefficient (Wildman–Crippen LogP) is 6.56. The van der Waals surface area contributed by atoms with Gasteiger partial charge in [0.25, 0.3) is 5.91 Å². The molecule has 1 amide bonds. The van der Waals surface area contributed by atoms with Crippen molar-refractivity contribution in [1.82, 2.24) is 10.3 Å². The highest BCUT2D eigenvalue weighted by molar-refractivity contribution is 6.07. The van der Waals surface area contributed by atoms with Gasteiger partial charge in [0, 0.05) is 10.9 Å². The molecule has 0 bridgehead atoms. The predicted molar refractivity (Wildman–Crippen MR) is 123 cm³/mol. The van der Waals surface area contributed by atoms with Crippen molar-refractivity contribution in [2.75, 3.05) is 0 Å². The van der Waals surface area contributed by atoms with Crippen LogP contribution in [0.5, 0.6) is 0 Å². The minimum absolute atomic E-state index is 0.00856. The first-order valence-electron chi connectivity index (χ1n) is 10.6. The molecule has 3 aromatic carbocycles. The number of fused-ring (bicyclic) bond motifs is 1. The maximum Gasteiger partial charge on any atom is 0.252 e. The largest absolute Gasteiger partial charge is 0.345 e. The number of carbonyl (C=O) groups excluding carboxylic acids is 1. The summed E-state index contributed by atoms with van der Waals surface area (Å²) in [5.74, 6) is -0.0595. The zero-order valence-corrected chi connectivity index (χ0v) is 17.2. The first kappa shape index (κ1) is 19.8. The number of rotatable bonds is 7. The first-order chi connectivity index (χ1) is 14.8.